The van der Waals surface area contributed by atoms with Crippen LogP contribution in [0.4, 0.5) is 5.82 Å². The molecule has 2 heterocycles. The number of nitrogens with one attached hydrogen (secondary N) is 1. The molecule has 1 aliphatic heterocycles. The number of aromatic nitrogens is 1. The van der Waals surface area contributed by atoms with Crippen LogP contribution in [0.25, 0.3) is 0 Å². The Kier molecular flexibility index (Phi) is 6.13. The van der Waals surface area contributed by atoms with Crippen LogP contribution in [0.3, 0.4) is 0 Å². The molecule has 5 nitrogen and oxygen atoms in total. The number of amides is 1. The van der Waals surface area contributed by atoms with Crippen LogP contribution in [0.1, 0.15) is 44.7 Å². The first-order valence-corrected chi connectivity index (χ1v) is 8.49. The Labute approximate surface area is 139 Å². The lowest BCUT2D eigenvalue weighted by Gasteiger charge is -2.23. The summed E-state index contributed by atoms with van der Waals surface area (Å²) in [5.41, 5.74) is 1.99. The third kappa shape index (κ3) is 5.01. The van der Waals surface area contributed by atoms with Crippen LogP contribution < -0.4 is 5.32 Å². The second-order valence-electron chi connectivity index (χ2n) is 6.93. The number of anilines is 1. The second-order valence-corrected chi connectivity index (χ2v) is 6.93. The van der Waals surface area contributed by atoms with Gasteiger partial charge in [0, 0.05) is 37.9 Å². The number of pyridine rings is 1. The average molecular weight is 319 g/mol. The molecule has 1 aliphatic rings. The van der Waals surface area contributed by atoms with E-state index in [2.05, 4.69) is 22.1 Å². The molecule has 1 fully saturated rings. The molecule has 2 rings (SSSR count). The van der Waals surface area contributed by atoms with Crippen LogP contribution in [0, 0.1) is 12.3 Å². The maximum atomic E-state index is 12.3. The first-order chi connectivity index (χ1) is 10.9. The van der Waals surface area contributed by atoms with Crippen molar-refractivity contribution in [3.63, 3.8) is 0 Å². The molecule has 1 N–H and O–H groups in total. The minimum Gasteiger partial charge on any atom is -0.380 e. The van der Waals surface area contributed by atoms with Crippen molar-refractivity contribution in [2.24, 2.45) is 5.41 Å². The topological polar surface area (TPSA) is 54.5 Å². The Morgan fingerprint density at radius 3 is 2.91 bits per heavy atom. The molecule has 0 radical (unpaired) electrons. The zero-order chi connectivity index (χ0) is 16.9. The van der Waals surface area contributed by atoms with Gasteiger partial charge in [-0.3, -0.25) is 9.69 Å². The van der Waals surface area contributed by atoms with E-state index in [4.69, 9.17) is 4.74 Å². The lowest BCUT2D eigenvalue weighted by molar-refractivity contribution is -0.124. The van der Waals surface area contributed by atoms with Gasteiger partial charge in [-0.2, -0.15) is 0 Å². The summed E-state index contributed by atoms with van der Waals surface area (Å²) >= 11 is 0. The summed E-state index contributed by atoms with van der Waals surface area (Å²) in [6, 6.07) is 2.00. The Morgan fingerprint density at radius 2 is 2.17 bits per heavy atom. The molecular formula is C18H29N3O2. The van der Waals surface area contributed by atoms with Gasteiger partial charge >= 0.3 is 0 Å². The molecule has 128 valence electrons. The van der Waals surface area contributed by atoms with E-state index < -0.39 is 0 Å². The fourth-order valence-electron chi connectivity index (χ4n) is 2.45. The third-order valence-corrected chi connectivity index (χ3v) is 4.66. The van der Waals surface area contributed by atoms with Crippen LogP contribution in [-0.2, 0) is 16.1 Å². The van der Waals surface area contributed by atoms with E-state index in [1.807, 2.05) is 33.0 Å². The normalized spacial score (nSPS) is 16.9. The first kappa shape index (κ1) is 17.9. The molecule has 23 heavy (non-hydrogen) atoms. The molecule has 1 saturated heterocycles. The van der Waals surface area contributed by atoms with Crippen molar-refractivity contribution >= 4 is 11.7 Å². The minimum absolute atomic E-state index is 0.0190. The van der Waals surface area contributed by atoms with Crippen LogP contribution in [0.5, 0.6) is 0 Å². The molecule has 1 aromatic rings. The van der Waals surface area contributed by atoms with Crippen molar-refractivity contribution in [1.82, 2.24) is 9.88 Å². The first-order valence-electron chi connectivity index (χ1n) is 8.49. The van der Waals surface area contributed by atoms with Crippen molar-refractivity contribution in [1.29, 1.82) is 0 Å². The Morgan fingerprint density at radius 1 is 1.39 bits per heavy atom. The maximum absolute atomic E-state index is 12.3. The maximum Gasteiger partial charge on any atom is 0.231 e. The molecule has 0 aromatic carbocycles. The summed E-state index contributed by atoms with van der Waals surface area (Å²) in [4.78, 5) is 19.1. The van der Waals surface area contributed by atoms with Gasteiger partial charge < -0.3 is 10.1 Å². The molecule has 5 heteroatoms. The highest BCUT2D eigenvalue weighted by atomic mass is 16.5. The second kappa shape index (κ2) is 7.88. The quantitative estimate of drug-likeness (QED) is 0.906. The van der Waals surface area contributed by atoms with Crippen LogP contribution >= 0.6 is 0 Å². The highest BCUT2D eigenvalue weighted by Crippen LogP contribution is 2.23. The molecule has 0 unspecified atom stereocenters. The third-order valence-electron chi connectivity index (χ3n) is 4.66. The van der Waals surface area contributed by atoms with Gasteiger partial charge in [0.2, 0.25) is 5.91 Å². The predicted octanol–water partition coefficient (Wildman–Crippen LogP) is 2.99. The van der Waals surface area contributed by atoms with Crippen LogP contribution in [-0.4, -0.2) is 42.1 Å². The molecular weight excluding hydrogens is 290 g/mol. The minimum atomic E-state index is -0.380. The molecule has 0 bridgehead atoms. The average Bonchev–Trinajstić information content (AvgIpc) is 2.79. The summed E-state index contributed by atoms with van der Waals surface area (Å²) in [6.45, 7) is 12.5. The number of rotatable bonds is 5. The summed E-state index contributed by atoms with van der Waals surface area (Å²) in [5, 5.41) is 2.96. The highest BCUT2D eigenvalue weighted by molar-refractivity contribution is 5.94. The van der Waals surface area contributed by atoms with E-state index in [1.165, 1.54) is 5.56 Å². The Balaban J connectivity index is 2.07. The Hall–Kier alpha value is -1.46. The van der Waals surface area contributed by atoms with Crippen molar-refractivity contribution in [2.75, 3.05) is 31.6 Å². The number of aryl methyl sites for hydroxylation is 1. The smallest absolute Gasteiger partial charge is 0.231 e. The zero-order valence-electron chi connectivity index (χ0n) is 14.8. The predicted molar refractivity (Wildman–Crippen MR) is 92.4 cm³/mol. The van der Waals surface area contributed by atoms with Gasteiger partial charge in [-0.25, -0.2) is 4.98 Å². The van der Waals surface area contributed by atoms with Crippen LogP contribution in [0.15, 0.2) is 12.3 Å². The number of carbonyl (C=O) groups excluding carboxylic acids is 1. The molecule has 0 saturated carbocycles. The van der Waals surface area contributed by atoms with Crippen molar-refractivity contribution in [3.05, 3.63) is 23.4 Å². The lowest BCUT2D eigenvalue weighted by Crippen LogP contribution is -2.30. The van der Waals surface area contributed by atoms with Crippen LogP contribution in [0.2, 0.25) is 0 Å². The van der Waals surface area contributed by atoms with E-state index in [9.17, 15) is 4.79 Å². The van der Waals surface area contributed by atoms with E-state index in [0.29, 0.717) is 5.82 Å². The van der Waals surface area contributed by atoms with Gasteiger partial charge in [-0.15, -0.1) is 0 Å². The van der Waals surface area contributed by atoms with Gasteiger partial charge in [0.05, 0.1) is 6.61 Å². The molecule has 0 spiro atoms. The monoisotopic (exact) mass is 319 g/mol. The number of nitrogens with zero attached hydrogens (tertiary/aromatic N) is 2. The van der Waals surface area contributed by atoms with Gasteiger partial charge in [0.1, 0.15) is 5.82 Å². The Bertz CT molecular complexity index is 535. The molecule has 1 amide bonds. The van der Waals surface area contributed by atoms with Crippen molar-refractivity contribution < 1.29 is 9.53 Å². The van der Waals surface area contributed by atoms with Gasteiger partial charge in [-0.05, 0) is 37.0 Å². The lowest BCUT2D eigenvalue weighted by atomic mass is 9.89. The standard InChI is InChI=1S/C18H29N3O2/c1-5-18(3,4)17(22)20-16-11-15(14(2)12-19-16)13-21-7-6-9-23-10-8-21/h11-12H,5-10,13H2,1-4H3,(H,19,20,22). The zero-order valence-corrected chi connectivity index (χ0v) is 14.8. The summed E-state index contributed by atoms with van der Waals surface area (Å²) < 4.78 is 5.51. The SMILES string of the molecule is CCC(C)(C)C(=O)Nc1cc(CN2CCCOCC2)c(C)cn1. The number of hydrogen-bond acceptors (Lipinski definition) is 4. The summed E-state index contributed by atoms with van der Waals surface area (Å²) in [6.07, 6.45) is 3.71. The fourth-order valence-corrected chi connectivity index (χ4v) is 2.45. The fraction of sp³-hybridized carbons (Fsp3) is 0.667. The van der Waals surface area contributed by atoms with Gasteiger partial charge in [0.15, 0.2) is 0 Å². The summed E-state index contributed by atoms with van der Waals surface area (Å²) in [7, 11) is 0. The molecule has 0 aliphatic carbocycles. The number of ether oxygens (including phenoxy) is 1. The van der Waals surface area contributed by atoms with E-state index >= 15 is 0 Å². The van der Waals surface area contributed by atoms with E-state index in [-0.39, 0.29) is 11.3 Å². The van der Waals surface area contributed by atoms with E-state index in [1.54, 1.807) is 0 Å². The van der Waals surface area contributed by atoms with Crippen molar-refractivity contribution in [3.8, 4) is 0 Å². The summed E-state index contributed by atoms with van der Waals surface area (Å²) in [5.74, 6) is 0.661. The molecule has 1 aromatic heterocycles. The largest absolute Gasteiger partial charge is 0.380 e. The van der Waals surface area contributed by atoms with Crippen molar-refractivity contribution in [2.45, 2.75) is 47.1 Å². The van der Waals surface area contributed by atoms with Gasteiger partial charge in [-0.1, -0.05) is 20.8 Å². The molecule has 0 atom stereocenters. The highest BCUT2D eigenvalue weighted by Gasteiger charge is 2.25. The number of carbonyl (C=O) groups is 1. The van der Waals surface area contributed by atoms with Gasteiger partial charge in [0.25, 0.3) is 0 Å². The number of hydrogen-bond donors (Lipinski definition) is 1. The van der Waals surface area contributed by atoms with E-state index in [0.717, 1.165) is 51.3 Å².